The fourth-order valence-electron chi connectivity index (χ4n) is 1.38. The van der Waals surface area contributed by atoms with Crippen molar-refractivity contribution in [2.45, 2.75) is 6.92 Å². The van der Waals surface area contributed by atoms with Crippen molar-refractivity contribution in [1.29, 1.82) is 0 Å². The molecule has 1 N–H and O–H groups in total. The Morgan fingerprint density at radius 2 is 2.31 bits per heavy atom. The normalized spacial score (nSPS) is 10.9. The maximum atomic E-state index is 4.29. The molecule has 0 aliphatic carbocycles. The van der Waals surface area contributed by atoms with Crippen molar-refractivity contribution in [2.24, 2.45) is 0 Å². The molecule has 0 amide bonds. The maximum Gasteiger partial charge on any atom is 0.200 e. The average Bonchev–Trinajstić information content (AvgIpc) is 2.76. The molecule has 2 aromatic rings. The zero-order valence-corrected chi connectivity index (χ0v) is 9.46. The standard InChI is InChI=1S/C9H15N7/c1-3-10-6-7-15(2)9-5-4-8-11-13-14-16(8)12-9/h4-5,10H,3,6-7H2,1-2H3. The maximum absolute atomic E-state index is 4.29. The molecular weight excluding hydrogens is 206 g/mol. The predicted octanol–water partition coefficient (Wildman–Crippen LogP) is -0.435. The molecule has 0 saturated heterocycles. The lowest BCUT2D eigenvalue weighted by molar-refractivity contribution is 0.685. The third-order valence-electron chi connectivity index (χ3n) is 2.32. The van der Waals surface area contributed by atoms with Gasteiger partial charge in [-0.1, -0.05) is 6.92 Å². The first-order chi connectivity index (χ1) is 7.81. The van der Waals surface area contributed by atoms with Crippen molar-refractivity contribution < 1.29 is 0 Å². The Morgan fingerprint density at radius 1 is 1.44 bits per heavy atom. The van der Waals surface area contributed by atoms with Gasteiger partial charge in [-0.2, -0.15) is 0 Å². The van der Waals surface area contributed by atoms with E-state index < -0.39 is 0 Å². The number of aromatic nitrogens is 5. The third-order valence-corrected chi connectivity index (χ3v) is 2.32. The summed E-state index contributed by atoms with van der Waals surface area (Å²) in [4.78, 5) is 2.06. The third kappa shape index (κ3) is 2.25. The molecule has 2 heterocycles. The van der Waals surface area contributed by atoms with Crippen LogP contribution in [0.25, 0.3) is 5.65 Å². The van der Waals surface area contributed by atoms with Crippen LogP contribution in [-0.4, -0.2) is 51.9 Å². The van der Waals surface area contributed by atoms with Crippen LogP contribution in [0.4, 0.5) is 5.82 Å². The zero-order chi connectivity index (χ0) is 11.4. The van der Waals surface area contributed by atoms with Gasteiger partial charge in [-0.05, 0) is 29.1 Å². The molecule has 0 radical (unpaired) electrons. The number of likely N-dealkylation sites (N-methyl/N-ethyl adjacent to an activating group) is 2. The number of tetrazole rings is 1. The summed E-state index contributed by atoms with van der Waals surface area (Å²) in [6, 6.07) is 3.77. The molecule has 0 aliphatic rings. The van der Waals surface area contributed by atoms with E-state index in [1.165, 1.54) is 4.63 Å². The van der Waals surface area contributed by atoms with Gasteiger partial charge in [0.25, 0.3) is 0 Å². The van der Waals surface area contributed by atoms with Crippen LogP contribution in [0.1, 0.15) is 6.92 Å². The number of nitrogens with zero attached hydrogens (tertiary/aromatic N) is 6. The highest BCUT2D eigenvalue weighted by Crippen LogP contribution is 2.07. The Kier molecular flexibility index (Phi) is 3.25. The second-order valence-corrected chi connectivity index (χ2v) is 3.49. The molecule has 0 aromatic carbocycles. The van der Waals surface area contributed by atoms with Crippen LogP contribution in [0.5, 0.6) is 0 Å². The molecule has 0 bridgehead atoms. The quantitative estimate of drug-likeness (QED) is 0.690. The van der Waals surface area contributed by atoms with Crippen molar-refractivity contribution in [3.8, 4) is 0 Å². The van der Waals surface area contributed by atoms with E-state index >= 15 is 0 Å². The van der Waals surface area contributed by atoms with E-state index in [1.54, 1.807) is 0 Å². The summed E-state index contributed by atoms with van der Waals surface area (Å²) in [6.07, 6.45) is 0. The summed E-state index contributed by atoms with van der Waals surface area (Å²) in [5.74, 6) is 0.859. The molecule has 16 heavy (non-hydrogen) atoms. The highest BCUT2D eigenvalue weighted by Gasteiger charge is 2.04. The first-order valence-electron chi connectivity index (χ1n) is 5.28. The first kappa shape index (κ1) is 10.7. The molecule has 0 saturated carbocycles. The highest BCUT2D eigenvalue weighted by atomic mass is 15.6. The molecule has 2 rings (SSSR count). The number of nitrogens with one attached hydrogen (secondary N) is 1. The largest absolute Gasteiger partial charge is 0.357 e. The average molecular weight is 221 g/mol. The van der Waals surface area contributed by atoms with Crippen LogP contribution in [-0.2, 0) is 0 Å². The van der Waals surface area contributed by atoms with E-state index in [1.807, 2.05) is 19.2 Å². The van der Waals surface area contributed by atoms with E-state index in [0.29, 0.717) is 5.65 Å². The van der Waals surface area contributed by atoms with E-state index in [2.05, 4.69) is 37.8 Å². The number of rotatable bonds is 5. The molecule has 2 aromatic heterocycles. The molecule has 0 aliphatic heterocycles. The topological polar surface area (TPSA) is 71.2 Å². The monoisotopic (exact) mass is 221 g/mol. The molecule has 7 nitrogen and oxygen atoms in total. The van der Waals surface area contributed by atoms with E-state index in [4.69, 9.17) is 0 Å². The highest BCUT2D eigenvalue weighted by molar-refractivity contribution is 5.43. The molecule has 0 fully saturated rings. The second kappa shape index (κ2) is 4.84. The first-order valence-corrected chi connectivity index (χ1v) is 5.28. The van der Waals surface area contributed by atoms with Crippen LogP contribution in [0.2, 0.25) is 0 Å². The van der Waals surface area contributed by atoms with Crippen LogP contribution in [0.15, 0.2) is 12.1 Å². The lowest BCUT2D eigenvalue weighted by Crippen LogP contribution is -2.29. The van der Waals surface area contributed by atoms with Gasteiger partial charge in [-0.25, -0.2) is 0 Å². The molecule has 86 valence electrons. The van der Waals surface area contributed by atoms with Gasteiger partial charge < -0.3 is 10.2 Å². The van der Waals surface area contributed by atoms with Crippen molar-refractivity contribution in [3.63, 3.8) is 0 Å². The summed E-state index contributed by atoms with van der Waals surface area (Å²) < 4.78 is 1.43. The Morgan fingerprint density at radius 3 is 3.12 bits per heavy atom. The van der Waals surface area contributed by atoms with Crippen LogP contribution < -0.4 is 10.2 Å². The molecule has 7 heteroatoms. The Labute approximate surface area is 93.4 Å². The minimum absolute atomic E-state index is 0.656. The van der Waals surface area contributed by atoms with Gasteiger partial charge in [0.05, 0.1) is 0 Å². The lowest BCUT2D eigenvalue weighted by atomic mass is 10.4. The predicted molar refractivity (Wildman–Crippen MR) is 60.4 cm³/mol. The summed E-state index contributed by atoms with van der Waals surface area (Å²) in [7, 11) is 2.00. The van der Waals surface area contributed by atoms with Crippen LogP contribution >= 0.6 is 0 Å². The molecule has 0 unspecified atom stereocenters. The summed E-state index contributed by atoms with van der Waals surface area (Å²) in [5, 5.41) is 18.7. The molecule has 0 atom stereocenters. The lowest BCUT2D eigenvalue weighted by Gasteiger charge is -2.17. The summed E-state index contributed by atoms with van der Waals surface area (Å²) in [6.45, 7) is 4.90. The van der Waals surface area contributed by atoms with Crippen molar-refractivity contribution in [2.75, 3.05) is 31.6 Å². The number of hydrogen-bond acceptors (Lipinski definition) is 6. The van der Waals surface area contributed by atoms with E-state index in [-0.39, 0.29) is 0 Å². The molecular formula is C9H15N7. The Bertz CT molecular complexity index is 452. The second-order valence-electron chi connectivity index (χ2n) is 3.49. The van der Waals surface area contributed by atoms with E-state index in [9.17, 15) is 0 Å². The number of anilines is 1. The Hall–Kier alpha value is -1.76. The summed E-state index contributed by atoms with van der Waals surface area (Å²) >= 11 is 0. The van der Waals surface area contributed by atoms with Crippen molar-refractivity contribution >= 4 is 11.5 Å². The van der Waals surface area contributed by atoms with Crippen LogP contribution in [0, 0.1) is 0 Å². The fraction of sp³-hybridized carbons (Fsp3) is 0.556. The minimum atomic E-state index is 0.656. The SMILES string of the molecule is CCNCCN(C)c1ccc2nnnn2n1. The zero-order valence-electron chi connectivity index (χ0n) is 9.46. The fourth-order valence-corrected chi connectivity index (χ4v) is 1.38. The Balaban J connectivity index is 2.07. The van der Waals surface area contributed by atoms with Gasteiger partial charge in [-0.3, -0.25) is 0 Å². The van der Waals surface area contributed by atoms with Crippen molar-refractivity contribution in [3.05, 3.63) is 12.1 Å². The van der Waals surface area contributed by atoms with E-state index in [0.717, 1.165) is 25.5 Å². The van der Waals surface area contributed by atoms with Crippen LogP contribution in [0.3, 0.4) is 0 Å². The van der Waals surface area contributed by atoms with Gasteiger partial charge in [0.1, 0.15) is 0 Å². The van der Waals surface area contributed by atoms with Gasteiger partial charge in [0, 0.05) is 20.1 Å². The summed E-state index contributed by atoms with van der Waals surface area (Å²) in [5.41, 5.74) is 0.656. The minimum Gasteiger partial charge on any atom is -0.357 e. The number of hydrogen-bond donors (Lipinski definition) is 1. The smallest absolute Gasteiger partial charge is 0.200 e. The van der Waals surface area contributed by atoms with Crippen molar-refractivity contribution in [1.82, 2.24) is 30.6 Å². The van der Waals surface area contributed by atoms with Gasteiger partial charge in [0.15, 0.2) is 11.5 Å². The van der Waals surface area contributed by atoms with Gasteiger partial charge in [-0.15, -0.1) is 14.8 Å². The molecule has 0 spiro atoms. The number of fused-ring (bicyclic) bond motifs is 1. The van der Waals surface area contributed by atoms with Gasteiger partial charge >= 0.3 is 0 Å². The van der Waals surface area contributed by atoms with Gasteiger partial charge in [0.2, 0.25) is 0 Å².